The number of esters is 1. The monoisotopic (exact) mass is 285 g/mol. The van der Waals surface area contributed by atoms with Gasteiger partial charge >= 0.3 is 5.97 Å². The van der Waals surface area contributed by atoms with E-state index in [1.165, 1.54) is 12.7 Å². The van der Waals surface area contributed by atoms with Gasteiger partial charge in [-0.1, -0.05) is 31.2 Å². The Morgan fingerprint density at radius 2 is 1.95 bits per heavy atom. The molecule has 2 aromatic rings. The molecule has 2 rings (SSSR count). The van der Waals surface area contributed by atoms with Gasteiger partial charge in [-0.15, -0.1) is 0 Å². The van der Waals surface area contributed by atoms with Gasteiger partial charge in [0.05, 0.1) is 12.7 Å². The molecule has 0 atom stereocenters. The van der Waals surface area contributed by atoms with Crippen LogP contribution < -0.4 is 10.5 Å². The van der Waals surface area contributed by atoms with E-state index in [9.17, 15) is 4.79 Å². The molecule has 0 spiro atoms. The molecule has 0 saturated carbocycles. The molecule has 110 valence electrons. The molecule has 0 saturated heterocycles. The Kier molecular flexibility index (Phi) is 4.82. The number of carbonyl (C=O) groups excluding carboxylic acids is 1. The predicted molar refractivity (Wildman–Crippen MR) is 82.3 cm³/mol. The third-order valence-corrected chi connectivity index (χ3v) is 3.27. The lowest BCUT2D eigenvalue weighted by molar-refractivity contribution is 0.0599. The molecule has 0 amide bonds. The van der Waals surface area contributed by atoms with Crippen molar-refractivity contribution in [3.05, 3.63) is 59.2 Å². The Bertz CT molecular complexity index is 638. The van der Waals surface area contributed by atoms with Crippen molar-refractivity contribution in [2.24, 2.45) is 0 Å². The maximum absolute atomic E-state index is 11.8. The van der Waals surface area contributed by atoms with Gasteiger partial charge in [-0.05, 0) is 30.2 Å². The van der Waals surface area contributed by atoms with Gasteiger partial charge in [0.2, 0.25) is 0 Å². The smallest absolute Gasteiger partial charge is 0.340 e. The molecule has 21 heavy (non-hydrogen) atoms. The van der Waals surface area contributed by atoms with Crippen LogP contribution in [-0.2, 0) is 17.8 Å². The van der Waals surface area contributed by atoms with Gasteiger partial charge in [-0.2, -0.15) is 0 Å². The number of methoxy groups -OCH3 is 1. The Labute approximate surface area is 124 Å². The Morgan fingerprint density at radius 1 is 1.19 bits per heavy atom. The summed E-state index contributed by atoms with van der Waals surface area (Å²) in [5.41, 5.74) is 8.53. The van der Waals surface area contributed by atoms with Gasteiger partial charge in [0, 0.05) is 11.3 Å². The highest BCUT2D eigenvalue weighted by atomic mass is 16.5. The molecule has 0 aliphatic rings. The molecule has 0 aromatic heterocycles. The molecular weight excluding hydrogens is 266 g/mol. The van der Waals surface area contributed by atoms with Crippen molar-refractivity contribution in [1.82, 2.24) is 0 Å². The second-order valence-electron chi connectivity index (χ2n) is 4.66. The standard InChI is InChI=1S/C17H19NO3/c1-3-12-6-4-8-14(10-12)21-11-13-7-5-9-15(18)16(13)17(19)20-2/h4-10H,3,11,18H2,1-2H3. The molecule has 0 heterocycles. The number of hydrogen-bond acceptors (Lipinski definition) is 4. The lowest BCUT2D eigenvalue weighted by Crippen LogP contribution is -2.11. The Morgan fingerprint density at radius 3 is 2.67 bits per heavy atom. The first-order valence-electron chi connectivity index (χ1n) is 6.83. The van der Waals surface area contributed by atoms with E-state index in [1.807, 2.05) is 30.3 Å². The van der Waals surface area contributed by atoms with Gasteiger partial charge in [-0.25, -0.2) is 4.79 Å². The van der Waals surface area contributed by atoms with Crippen LogP contribution in [0.1, 0.15) is 28.4 Å². The summed E-state index contributed by atoms with van der Waals surface area (Å²) < 4.78 is 10.5. The second kappa shape index (κ2) is 6.79. The summed E-state index contributed by atoms with van der Waals surface area (Å²) in [6.07, 6.45) is 0.947. The van der Waals surface area contributed by atoms with E-state index in [4.69, 9.17) is 15.2 Å². The molecule has 4 nitrogen and oxygen atoms in total. The van der Waals surface area contributed by atoms with Gasteiger partial charge in [0.15, 0.2) is 0 Å². The lowest BCUT2D eigenvalue weighted by Gasteiger charge is -2.12. The number of rotatable bonds is 5. The van der Waals surface area contributed by atoms with Crippen molar-refractivity contribution in [3.8, 4) is 5.75 Å². The first-order valence-corrected chi connectivity index (χ1v) is 6.83. The van der Waals surface area contributed by atoms with Crippen molar-refractivity contribution in [2.75, 3.05) is 12.8 Å². The molecule has 2 N–H and O–H groups in total. The summed E-state index contributed by atoms with van der Waals surface area (Å²) in [5.74, 6) is 0.321. The third kappa shape index (κ3) is 3.54. The topological polar surface area (TPSA) is 61.5 Å². The number of carbonyl (C=O) groups is 1. The van der Waals surface area contributed by atoms with Crippen LogP contribution in [0.25, 0.3) is 0 Å². The van der Waals surface area contributed by atoms with Gasteiger partial charge in [-0.3, -0.25) is 0 Å². The van der Waals surface area contributed by atoms with E-state index in [-0.39, 0.29) is 6.61 Å². The van der Waals surface area contributed by atoms with E-state index in [0.717, 1.165) is 12.2 Å². The summed E-state index contributed by atoms with van der Waals surface area (Å²) in [7, 11) is 1.34. The van der Waals surface area contributed by atoms with Crippen molar-refractivity contribution in [2.45, 2.75) is 20.0 Å². The fraction of sp³-hybridized carbons (Fsp3) is 0.235. The van der Waals surface area contributed by atoms with Crippen LogP contribution in [0.15, 0.2) is 42.5 Å². The number of nitrogens with two attached hydrogens (primary N) is 1. The maximum atomic E-state index is 11.8. The van der Waals surface area contributed by atoms with Crippen LogP contribution in [0, 0.1) is 0 Å². The number of hydrogen-bond donors (Lipinski definition) is 1. The van der Waals surface area contributed by atoms with E-state index in [1.54, 1.807) is 12.1 Å². The van der Waals surface area contributed by atoms with Crippen LogP contribution >= 0.6 is 0 Å². The van der Waals surface area contributed by atoms with Crippen molar-refractivity contribution < 1.29 is 14.3 Å². The number of aryl methyl sites for hydroxylation is 1. The van der Waals surface area contributed by atoms with Gasteiger partial charge < -0.3 is 15.2 Å². The minimum absolute atomic E-state index is 0.267. The number of nitrogen functional groups attached to an aromatic ring is 1. The zero-order valence-corrected chi connectivity index (χ0v) is 12.3. The third-order valence-electron chi connectivity index (χ3n) is 3.27. The highest BCUT2D eigenvalue weighted by Crippen LogP contribution is 2.21. The number of anilines is 1. The van der Waals surface area contributed by atoms with E-state index >= 15 is 0 Å². The van der Waals surface area contributed by atoms with Gasteiger partial charge in [0.1, 0.15) is 12.4 Å². The lowest BCUT2D eigenvalue weighted by atomic mass is 10.1. The van der Waals surface area contributed by atoms with E-state index in [2.05, 4.69) is 6.92 Å². The van der Waals surface area contributed by atoms with Crippen molar-refractivity contribution in [3.63, 3.8) is 0 Å². The average Bonchev–Trinajstić information content (AvgIpc) is 2.52. The molecular formula is C17H19NO3. The van der Waals surface area contributed by atoms with Crippen LogP contribution in [-0.4, -0.2) is 13.1 Å². The Balaban J connectivity index is 2.20. The fourth-order valence-corrected chi connectivity index (χ4v) is 2.11. The van der Waals surface area contributed by atoms with Crippen LogP contribution in [0.2, 0.25) is 0 Å². The Hall–Kier alpha value is -2.49. The summed E-state index contributed by atoms with van der Waals surface area (Å²) in [4.78, 5) is 11.8. The first kappa shape index (κ1) is 14.9. The first-order chi connectivity index (χ1) is 10.2. The SMILES string of the molecule is CCc1cccc(OCc2cccc(N)c2C(=O)OC)c1. The molecule has 0 aliphatic carbocycles. The fourth-order valence-electron chi connectivity index (χ4n) is 2.11. The molecule has 2 aromatic carbocycles. The minimum atomic E-state index is -0.450. The van der Waals surface area contributed by atoms with Gasteiger partial charge in [0.25, 0.3) is 0 Å². The highest BCUT2D eigenvalue weighted by Gasteiger charge is 2.15. The second-order valence-corrected chi connectivity index (χ2v) is 4.66. The summed E-state index contributed by atoms with van der Waals surface area (Å²) in [5, 5.41) is 0. The highest BCUT2D eigenvalue weighted by molar-refractivity contribution is 5.96. The largest absolute Gasteiger partial charge is 0.489 e. The van der Waals surface area contributed by atoms with Crippen molar-refractivity contribution in [1.29, 1.82) is 0 Å². The molecule has 0 unspecified atom stereocenters. The summed E-state index contributed by atoms with van der Waals surface area (Å²) in [6, 6.07) is 13.2. The normalized spacial score (nSPS) is 10.2. The van der Waals surface area contributed by atoms with E-state index < -0.39 is 5.97 Å². The molecule has 4 heteroatoms. The quantitative estimate of drug-likeness (QED) is 0.677. The average molecular weight is 285 g/mol. The predicted octanol–water partition coefficient (Wildman–Crippen LogP) is 3.20. The molecule has 0 radical (unpaired) electrons. The van der Waals surface area contributed by atoms with Crippen LogP contribution in [0.3, 0.4) is 0 Å². The summed E-state index contributed by atoms with van der Waals surface area (Å²) in [6.45, 7) is 2.36. The van der Waals surface area contributed by atoms with Crippen LogP contribution in [0.4, 0.5) is 5.69 Å². The van der Waals surface area contributed by atoms with E-state index in [0.29, 0.717) is 16.8 Å². The molecule has 0 fully saturated rings. The minimum Gasteiger partial charge on any atom is -0.489 e. The molecule has 0 aliphatic heterocycles. The van der Waals surface area contributed by atoms with Crippen molar-refractivity contribution >= 4 is 11.7 Å². The number of benzene rings is 2. The zero-order valence-electron chi connectivity index (χ0n) is 12.3. The number of ether oxygens (including phenoxy) is 2. The zero-order chi connectivity index (χ0) is 15.2. The summed E-state index contributed by atoms with van der Waals surface area (Å²) >= 11 is 0. The molecule has 0 bridgehead atoms. The van der Waals surface area contributed by atoms with Crippen LogP contribution in [0.5, 0.6) is 5.75 Å². The maximum Gasteiger partial charge on any atom is 0.340 e.